The Morgan fingerprint density at radius 2 is 1.72 bits per heavy atom. The second-order valence-corrected chi connectivity index (χ2v) is 6.41. The second-order valence-electron chi connectivity index (χ2n) is 6.41. The number of amides is 1. The van der Waals surface area contributed by atoms with Crippen LogP contribution in [-0.4, -0.2) is 39.4 Å². The zero-order valence-electron chi connectivity index (χ0n) is 14.4. The first-order chi connectivity index (χ1) is 11.8. The van der Waals surface area contributed by atoms with E-state index in [1.165, 1.54) is 29.2 Å². The average molecular weight is 343 g/mol. The fourth-order valence-corrected chi connectivity index (χ4v) is 3.46. The number of rotatable bonds is 3. The molecular weight excluding hydrogens is 322 g/mol. The standard InChI is InChI=1S/C19H21NO5/c1-4-17(24)20(3)18-19(2,13-9-11(21)5-7-15(13)23)14-10-12(22)6-8-16(14)25-18/h5-10,18,21-23H,4H2,1-3H3/t18-,19+/m1/s1. The summed E-state index contributed by atoms with van der Waals surface area (Å²) in [5, 5.41) is 30.3. The molecule has 25 heavy (non-hydrogen) atoms. The van der Waals surface area contributed by atoms with Gasteiger partial charge in [0.05, 0.1) is 5.41 Å². The minimum atomic E-state index is -0.976. The number of benzene rings is 2. The van der Waals surface area contributed by atoms with E-state index in [9.17, 15) is 20.1 Å². The van der Waals surface area contributed by atoms with Crippen LogP contribution >= 0.6 is 0 Å². The first kappa shape index (κ1) is 17.0. The number of aromatic hydroxyl groups is 3. The van der Waals surface area contributed by atoms with Crippen LogP contribution in [0, 0.1) is 0 Å². The van der Waals surface area contributed by atoms with Crippen molar-refractivity contribution in [2.45, 2.75) is 31.9 Å². The SMILES string of the molecule is CCC(=O)N(C)[C@@H]1Oc2ccc(O)cc2[C@]1(C)c1cc(O)ccc1O. The van der Waals surface area contributed by atoms with E-state index in [0.29, 0.717) is 23.3 Å². The average Bonchev–Trinajstić information content (AvgIpc) is 2.89. The fraction of sp³-hybridized carbons (Fsp3) is 0.316. The Morgan fingerprint density at radius 3 is 2.36 bits per heavy atom. The van der Waals surface area contributed by atoms with Crippen molar-refractivity contribution in [1.29, 1.82) is 0 Å². The molecule has 2 atom stereocenters. The molecule has 0 aromatic heterocycles. The summed E-state index contributed by atoms with van der Waals surface area (Å²) >= 11 is 0. The van der Waals surface area contributed by atoms with E-state index in [1.54, 1.807) is 26.1 Å². The number of hydrogen-bond donors (Lipinski definition) is 3. The largest absolute Gasteiger partial charge is 0.508 e. The summed E-state index contributed by atoms with van der Waals surface area (Å²) in [6, 6.07) is 8.93. The van der Waals surface area contributed by atoms with Crippen molar-refractivity contribution in [3.05, 3.63) is 47.5 Å². The van der Waals surface area contributed by atoms with Crippen molar-refractivity contribution in [3.63, 3.8) is 0 Å². The molecule has 1 heterocycles. The van der Waals surface area contributed by atoms with Crippen molar-refractivity contribution in [2.75, 3.05) is 7.05 Å². The quantitative estimate of drug-likeness (QED) is 0.746. The molecule has 0 fully saturated rings. The van der Waals surface area contributed by atoms with Gasteiger partial charge in [0.25, 0.3) is 0 Å². The van der Waals surface area contributed by atoms with E-state index in [1.807, 2.05) is 6.92 Å². The number of likely N-dealkylation sites (N-methyl/N-ethyl adjacent to an activating group) is 1. The molecule has 1 aliphatic heterocycles. The van der Waals surface area contributed by atoms with Gasteiger partial charge >= 0.3 is 0 Å². The summed E-state index contributed by atoms with van der Waals surface area (Å²) in [6.45, 7) is 3.58. The highest BCUT2D eigenvalue weighted by Gasteiger charge is 2.51. The van der Waals surface area contributed by atoms with Crippen LogP contribution in [0.1, 0.15) is 31.4 Å². The Kier molecular flexibility index (Phi) is 3.99. The van der Waals surface area contributed by atoms with Gasteiger partial charge in [-0.3, -0.25) is 4.79 Å². The van der Waals surface area contributed by atoms with Crippen LogP contribution < -0.4 is 4.74 Å². The Balaban J connectivity index is 2.25. The Bertz CT molecular complexity index is 835. The lowest BCUT2D eigenvalue weighted by atomic mass is 9.74. The van der Waals surface area contributed by atoms with Gasteiger partial charge in [0.1, 0.15) is 23.0 Å². The minimum absolute atomic E-state index is 0.00847. The minimum Gasteiger partial charge on any atom is -0.508 e. The van der Waals surface area contributed by atoms with Crippen LogP contribution in [0.25, 0.3) is 0 Å². The van der Waals surface area contributed by atoms with Crippen molar-refractivity contribution in [2.24, 2.45) is 0 Å². The van der Waals surface area contributed by atoms with Crippen LogP contribution in [0.15, 0.2) is 36.4 Å². The molecule has 0 spiro atoms. The van der Waals surface area contributed by atoms with Crippen LogP contribution in [0.4, 0.5) is 0 Å². The van der Waals surface area contributed by atoms with Gasteiger partial charge in [-0.15, -0.1) is 0 Å². The number of fused-ring (bicyclic) bond motifs is 1. The molecule has 6 heteroatoms. The van der Waals surface area contributed by atoms with Crippen LogP contribution in [0.3, 0.4) is 0 Å². The van der Waals surface area contributed by atoms with E-state index in [-0.39, 0.29) is 23.2 Å². The molecule has 2 aromatic carbocycles. The molecule has 0 saturated heterocycles. The molecule has 1 amide bonds. The molecule has 0 unspecified atom stereocenters. The highest BCUT2D eigenvalue weighted by molar-refractivity contribution is 5.76. The third kappa shape index (κ3) is 2.54. The third-order valence-electron chi connectivity index (χ3n) is 4.84. The van der Waals surface area contributed by atoms with Crippen molar-refractivity contribution in [1.82, 2.24) is 4.90 Å². The van der Waals surface area contributed by atoms with Crippen LogP contribution in [0.2, 0.25) is 0 Å². The lowest BCUT2D eigenvalue weighted by molar-refractivity contribution is -0.138. The van der Waals surface area contributed by atoms with Gasteiger partial charge in [-0.1, -0.05) is 6.92 Å². The first-order valence-corrected chi connectivity index (χ1v) is 8.07. The second kappa shape index (κ2) is 5.88. The maximum atomic E-state index is 12.3. The highest BCUT2D eigenvalue weighted by Crippen LogP contribution is 2.51. The zero-order valence-corrected chi connectivity index (χ0v) is 14.4. The molecule has 1 aliphatic rings. The van der Waals surface area contributed by atoms with Gasteiger partial charge in [-0.25, -0.2) is 0 Å². The van der Waals surface area contributed by atoms with E-state index in [0.717, 1.165) is 0 Å². The summed E-state index contributed by atoms with van der Waals surface area (Å²) in [6.07, 6.45) is -0.426. The molecule has 0 aliphatic carbocycles. The Labute approximate surface area is 145 Å². The summed E-state index contributed by atoms with van der Waals surface area (Å²) in [7, 11) is 1.64. The molecule has 3 N–H and O–H groups in total. The number of ether oxygens (including phenoxy) is 1. The van der Waals surface area contributed by atoms with Gasteiger partial charge in [-0.05, 0) is 43.3 Å². The number of hydrogen-bond acceptors (Lipinski definition) is 5. The number of nitrogens with zero attached hydrogens (tertiary/aromatic N) is 1. The maximum Gasteiger partial charge on any atom is 0.224 e. The van der Waals surface area contributed by atoms with Gasteiger partial charge < -0.3 is 25.0 Å². The molecule has 132 valence electrons. The topological polar surface area (TPSA) is 90.2 Å². The molecule has 0 radical (unpaired) electrons. The predicted molar refractivity (Wildman–Crippen MR) is 91.8 cm³/mol. The fourth-order valence-electron chi connectivity index (χ4n) is 3.46. The molecule has 3 rings (SSSR count). The predicted octanol–water partition coefficient (Wildman–Crippen LogP) is 2.70. The summed E-state index contributed by atoms with van der Waals surface area (Å²) in [4.78, 5) is 13.8. The van der Waals surface area contributed by atoms with Crippen LogP contribution in [-0.2, 0) is 10.2 Å². The molecule has 6 nitrogen and oxygen atoms in total. The zero-order chi connectivity index (χ0) is 18.4. The van der Waals surface area contributed by atoms with E-state index >= 15 is 0 Å². The summed E-state index contributed by atoms with van der Waals surface area (Å²) in [5.41, 5.74) is 0.0722. The highest BCUT2D eigenvalue weighted by atomic mass is 16.5. The number of phenolic OH excluding ortho intramolecular Hbond substituents is 3. The van der Waals surface area contributed by atoms with Crippen molar-refractivity contribution < 1.29 is 24.9 Å². The smallest absolute Gasteiger partial charge is 0.224 e. The third-order valence-corrected chi connectivity index (χ3v) is 4.84. The summed E-state index contributed by atoms with van der Waals surface area (Å²) in [5.74, 6) is 0.420. The maximum absolute atomic E-state index is 12.3. The van der Waals surface area contributed by atoms with Gasteiger partial charge in [0.15, 0.2) is 6.23 Å². The summed E-state index contributed by atoms with van der Waals surface area (Å²) < 4.78 is 6.01. The van der Waals surface area contributed by atoms with Crippen molar-refractivity contribution in [3.8, 4) is 23.0 Å². The van der Waals surface area contributed by atoms with Crippen molar-refractivity contribution >= 4 is 5.91 Å². The van der Waals surface area contributed by atoms with E-state index < -0.39 is 11.6 Å². The molecular formula is C19H21NO5. The molecule has 0 bridgehead atoms. The Morgan fingerprint density at radius 1 is 1.12 bits per heavy atom. The molecule has 2 aromatic rings. The van der Waals surface area contributed by atoms with Gasteiger partial charge in [0.2, 0.25) is 5.91 Å². The van der Waals surface area contributed by atoms with Gasteiger partial charge in [-0.2, -0.15) is 0 Å². The first-order valence-electron chi connectivity index (χ1n) is 8.07. The van der Waals surface area contributed by atoms with Crippen LogP contribution in [0.5, 0.6) is 23.0 Å². The molecule has 0 saturated carbocycles. The number of phenols is 3. The lowest BCUT2D eigenvalue weighted by Crippen LogP contribution is -2.50. The van der Waals surface area contributed by atoms with E-state index in [2.05, 4.69) is 0 Å². The Hall–Kier alpha value is -2.89. The van der Waals surface area contributed by atoms with E-state index in [4.69, 9.17) is 4.74 Å². The normalized spacial score (nSPS) is 21.5. The monoisotopic (exact) mass is 343 g/mol. The number of carbonyl (C=O) groups excluding carboxylic acids is 1. The lowest BCUT2D eigenvalue weighted by Gasteiger charge is -2.37. The van der Waals surface area contributed by atoms with Gasteiger partial charge in [0, 0.05) is 24.6 Å². The number of carbonyl (C=O) groups is 1.